The number of carbonyl (C=O) groups is 1. The van der Waals surface area contributed by atoms with Crippen LogP contribution in [0.3, 0.4) is 0 Å². The molecular weight excluding hydrogens is 290 g/mol. The molecule has 4 nitrogen and oxygen atoms in total. The van der Waals surface area contributed by atoms with Crippen molar-refractivity contribution in [3.05, 3.63) is 35.9 Å². The fourth-order valence-electron chi connectivity index (χ4n) is 3.02. The summed E-state index contributed by atoms with van der Waals surface area (Å²) >= 11 is 0. The number of hydrogen-bond donors (Lipinski definition) is 1. The van der Waals surface area contributed by atoms with Crippen molar-refractivity contribution in [2.75, 3.05) is 19.7 Å². The number of rotatable bonds is 9. The summed E-state index contributed by atoms with van der Waals surface area (Å²) in [6, 6.07) is 10.4. The van der Waals surface area contributed by atoms with E-state index in [0.717, 1.165) is 19.4 Å². The molecule has 1 aromatic rings. The normalized spacial score (nSPS) is 21.1. The van der Waals surface area contributed by atoms with Crippen LogP contribution in [0.5, 0.6) is 0 Å². The van der Waals surface area contributed by atoms with Gasteiger partial charge in [-0.1, -0.05) is 30.3 Å². The molecule has 0 amide bonds. The predicted molar refractivity (Wildman–Crippen MR) is 91.1 cm³/mol. The molecule has 0 saturated heterocycles. The lowest BCUT2D eigenvalue weighted by Gasteiger charge is -2.28. The molecule has 0 aromatic heterocycles. The molecule has 0 bridgehead atoms. The molecule has 23 heavy (non-hydrogen) atoms. The second-order valence-electron chi connectivity index (χ2n) is 6.20. The van der Waals surface area contributed by atoms with Crippen LogP contribution in [-0.4, -0.2) is 31.8 Å². The third kappa shape index (κ3) is 7.14. The second-order valence-corrected chi connectivity index (χ2v) is 6.20. The number of benzene rings is 1. The van der Waals surface area contributed by atoms with E-state index in [4.69, 9.17) is 9.47 Å². The van der Waals surface area contributed by atoms with Gasteiger partial charge < -0.3 is 14.8 Å². The van der Waals surface area contributed by atoms with Gasteiger partial charge in [0.1, 0.15) is 0 Å². The van der Waals surface area contributed by atoms with Crippen LogP contribution in [0.25, 0.3) is 0 Å². The zero-order valence-corrected chi connectivity index (χ0v) is 14.1. The average molecular weight is 319 g/mol. The molecule has 128 valence electrons. The van der Waals surface area contributed by atoms with Gasteiger partial charge in [0.05, 0.1) is 25.7 Å². The van der Waals surface area contributed by atoms with Crippen LogP contribution in [0.2, 0.25) is 0 Å². The minimum absolute atomic E-state index is 0.113. The van der Waals surface area contributed by atoms with Crippen LogP contribution in [0.4, 0.5) is 0 Å². The first-order valence-corrected chi connectivity index (χ1v) is 8.79. The van der Waals surface area contributed by atoms with Gasteiger partial charge in [-0.3, -0.25) is 4.79 Å². The minimum Gasteiger partial charge on any atom is -0.466 e. The largest absolute Gasteiger partial charge is 0.466 e. The summed E-state index contributed by atoms with van der Waals surface area (Å²) in [5.74, 6) is 0.590. The SMILES string of the molecule is CCOC(=O)CCNC[C@H]1CC[C@H](OCc2ccccc2)CC1. The Labute approximate surface area is 139 Å². The van der Waals surface area contributed by atoms with Gasteiger partial charge in [0.25, 0.3) is 0 Å². The van der Waals surface area contributed by atoms with Crippen molar-refractivity contribution in [3.63, 3.8) is 0 Å². The van der Waals surface area contributed by atoms with Gasteiger partial charge >= 0.3 is 5.97 Å². The highest BCUT2D eigenvalue weighted by molar-refractivity contribution is 5.69. The van der Waals surface area contributed by atoms with Crippen molar-refractivity contribution in [2.24, 2.45) is 5.92 Å². The number of ether oxygens (including phenoxy) is 2. The Hall–Kier alpha value is -1.39. The maximum atomic E-state index is 11.2. The molecular formula is C19H29NO3. The van der Waals surface area contributed by atoms with Crippen molar-refractivity contribution in [2.45, 2.75) is 51.7 Å². The molecule has 0 atom stereocenters. The highest BCUT2D eigenvalue weighted by Crippen LogP contribution is 2.26. The predicted octanol–water partition coefficient (Wildman–Crippen LogP) is 3.30. The summed E-state index contributed by atoms with van der Waals surface area (Å²) in [7, 11) is 0. The molecule has 1 aliphatic carbocycles. The van der Waals surface area contributed by atoms with E-state index in [-0.39, 0.29) is 5.97 Å². The summed E-state index contributed by atoms with van der Waals surface area (Å²) in [4.78, 5) is 11.2. The van der Waals surface area contributed by atoms with E-state index >= 15 is 0 Å². The van der Waals surface area contributed by atoms with Crippen LogP contribution >= 0.6 is 0 Å². The van der Waals surface area contributed by atoms with Crippen molar-refractivity contribution >= 4 is 5.97 Å². The molecule has 1 aliphatic rings. The standard InChI is InChI=1S/C19H29NO3/c1-2-22-19(21)12-13-20-14-16-8-10-18(11-9-16)23-15-17-6-4-3-5-7-17/h3-7,16,18,20H,2,8-15H2,1H3/t16-,18-. The van der Waals surface area contributed by atoms with Crippen molar-refractivity contribution < 1.29 is 14.3 Å². The smallest absolute Gasteiger partial charge is 0.307 e. The topological polar surface area (TPSA) is 47.6 Å². The Morgan fingerprint density at radius 2 is 1.91 bits per heavy atom. The van der Waals surface area contributed by atoms with Gasteiger partial charge in [-0.25, -0.2) is 0 Å². The van der Waals surface area contributed by atoms with Gasteiger partial charge in [0, 0.05) is 6.54 Å². The molecule has 0 radical (unpaired) electrons. The second kappa shape index (κ2) is 10.4. The fourth-order valence-corrected chi connectivity index (χ4v) is 3.02. The maximum absolute atomic E-state index is 11.2. The van der Waals surface area contributed by atoms with Crippen molar-refractivity contribution in [1.82, 2.24) is 5.32 Å². The molecule has 4 heteroatoms. The van der Waals surface area contributed by atoms with Crippen LogP contribution in [0.1, 0.15) is 44.6 Å². The molecule has 1 saturated carbocycles. The van der Waals surface area contributed by atoms with E-state index in [0.29, 0.717) is 38.2 Å². The van der Waals surface area contributed by atoms with Gasteiger partial charge in [-0.2, -0.15) is 0 Å². The molecule has 1 aromatic carbocycles. The number of carbonyl (C=O) groups excluding carboxylic acids is 1. The zero-order valence-electron chi connectivity index (χ0n) is 14.1. The molecule has 1 N–H and O–H groups in total. The lowest BCUT2D eigenvalue weighted by atomic mass is 9.87. The minimum atomic E-state index is -0.113. The van der Waals surface area contributed by atoms with Crippen LogP contribution in [0, 0.1) is 5.92 Å². The lowest BCUT2D eigenvalue weighted by molar-refractivity contribution is -0.142. The Balaban J connectivity index is 1.53. The first-order valence-electron chi connectivity index (χ1n) is 8.79. The monoisotopic (exact) mass is 319 g/mol. The van der Waals surface area contributed by atoms with Crippen LogP contribution in [-0.2, 0) is 20.9 Å². The molecule has 0 spiro atoms. The van der Waals surface area contributed by atoms with E-state index in [2.05, 4.69) is 29.6 Å². The molecule has 2 rings (SSSR count). The summed E-state index contributed by atoms with van der Waals surface area (Å²) in [5.41, 5.74) is 1.25. The average Bonchev–Trinajstić information content (AvgIpc) is 2.59. The molecule has 0 heterocycles. The summed E-state index contributed by atoms with van der Waals surface area (Å²) in [6.45, 7) is 4.72. The van der Waals surface area contributed by atoms with E-state index in [9.17, 15) is 4.79 Å². The van der Waals surface area contributed by atoms with Crippen LogP contribution in [0.15, 0.2) is 30.3 Å². The van der Waals surface area contributed by atoms with Gasteiger partial charge in [0.2, 0.25) is 0 Å². The van der Waals surface area contributed by atoms with E-state index < -0.39 is 0 Å². The summed E-state index contributed by atoms with van der Waals surface area (Å²) in [6.07, 6.45) is 5.53. The number of hydrogen-bond acceptors (Lipinski definition) is 4. The number of nitrogens with one attached hydrogen (secondary N) is 1. The summed E-state index contributed by atoms with van der Waals surface area (Å²) < 4.78 is 10.9. The highest BCUT2D eigenvalue weighted by atomic mass is 16.5. The van der Waals surface area contributed by atoms with E-state index in [1.54, 1.807) is 0 Å². The quantitative estimate of drug-likeness (QED) is 0.560. The first kappa shape index (κ1) is 18.0. The van der Waals surface area contributed by atoms with Crippen molar-refractivity contribution in [3.8, 4) is 0 Å². The van der Waals surface area contributed by atoms with E-state index in [1.807, 2.05) is 13.0 Å². The van der Waals surface area contributed by atoms with Gasteiger partial charge in [0.15, 0.2) is 0 Å². The van der Waals surface area contributed by atoms with E-state index in [1.165, 1.54) is 18.4 Å². The highest BCUT2D eigenvalue weighted by Gasteiger charge is 2.21. The van der Waals surface area contributed by atoms with Gasteiger partial charge in [-0.05, 0) is 50.6 Å². The van der Waals surface area contributed by atoms with Crippen LogP contribution < -0.4 is 5.32 Å². The Morgan fingerprint density at radius 3 is 2.61 bits per heavy atom. The fraction of sp³-hybridized carbons (Fsp3) is 0.632. The lowest BCUT2D eigenvalue weighted by Crippen LogP contribution is -2.30. The number of esters is 1. The van der Waals surface area contributed by atoms with Gasteiger partial charge in [-0.15, -0.1) is 0 Å². The third-order valence-electron chi connectivity index (χ3n) is 4.37. The third-order valence-corrected chi connectivity index (χ3v) is 4.37. The zero-order chi connectivity index (χ0) is 16.3. The molecule has 0 unspecified atom stereocenters. The molecule has 0 aliphatic heterocycles. The molecule has 1 fully saturated rings. The Kier molecular flexibility index (Phi) is 8.12. The van der Waals surface area contributed by atoms with Crippen molar-refractivity contribution in [1.29, 1.82) is 0 Å². The Morgan fingerprint density at radius 1 is 1.17 bits per heavy atom. The summed E-state index contributed by atoms with van der Waals surface area (Å²) in [5, 5.41) is 3.38. The maximum Gasteiger partial charge on any atom is 0.307 e. The Bertz CT molecular complexity index is 441. The first-order chi connectivity index (χ1) is 11.3.